The second kappa shape index (κ2) is 4.90. The van der Waals surface area contributed by atoms with Gasteiger partial charge in [0.2, 0.25) is 0 Å². The molecule has 0 aromatic heterocycles. The zero-order valence-corrected chi connectivity index (χ0v) is 13.3. The van der Waals surface area contributed by atoms with E-state index in [4.69, 9.17) is 0 Å². The molecule has 1 aromatic carbocycles. The lowest BCUT2D eigenvalue weighted by Gasteiger charge is -2.24. The fraction of sp³-hybridized carbons (Fsp3) is 0.462. The number of hydrogen-bond donors (Lipinski definition) is 1. The normalized spacial score (nSPS) is 25.2. The molecule has 1 saturated heterocycles. The molecule has 1 aliphatic heterocycles. The highest BCUT2D eigenvalue weighted by atomic mass is 79.9. The highest BCUT2D eigenvalue weighted by Crippen LogP contribution is 2.25. The fourth-order valence-electron chi connectivity index (χ4n) is 2.27. The van der Waals surface area contributed by atoms with Crippen molar-refractivity contribution < 1.29 is 13.2 Å². The quantitative estimate of drug-likeness (QED) is 0.892. The lowest BCUT2D eigenvalue weighted by Crippen LogP contribution is -2.47. The molecule has 1 atom stereocenters. The van der Waals surface area contributed by atoms with Crippen LogP contribution in [0.25, 0.3) is 0 Å². The highest BCUT2D eigenvalue weighted by molar-refractivity contribution is 9.10. The molecule has 6 heteroatoms. The maximum absolute atomic E-state index is 12.3. The van der Waals surface area contributed by atoms with Gasteiger partial charge in [0.05, 0.1) is 22.6 Å². The maximum atomic E-state index is 12.3. The number of hydrogen-bond acceptors (Lipinski definition) is 3. The van der Waals surface area contributed by atoms with Gasteiger partial charge in [0, 0.05) is 4.47 Å². The van der Waals surface area contributed by atoms with Crippen molar-refractivity contribution in [1.82, 2.24) is 5.32 Å². The molecular formula is C13H16BrNO3S. The number of sulfone groups is 1. The van der Waals surface area contributed by atoms with Gasteiger partial charge in [-0.05, 0) is 47.8 Å². The summed E-state index contributed by atoms with van der Waals surface area (Å²) in [6.45, 7) is 3.68. The summed E-state index contributed by atoms with van der Waals surface area (Å²) in [5, 5.41) is 2.85. The molecular weight excluding hydrogens is 330 g/mol. The van der Waals surface area contributed by atoms with Crippen LogP contribution in [0.15, 0.2) is 22.7 Å². The van der Waals surface area contributed by atoms with Gasteiger partial charge in [0.25, 0.3) is 5.91 Å². The van der Waals surface area contributed by atoms with Gasteiger partial charge in [-0.1, -0.05) is 12.1 Å². The first-order valence-electron chi connectivity index (χ1n) is 6.00. The minimum atomic E-state index is -3.03. The van der Waals surface area contributed by atoms with Crippen LogP contribution in [0.2, 0.25) is 0 Å². The molecule has 2 rings (SSSR count). The number of aryl methyl sites for hydroxylation is 1. The van der Waals surface area contributed by atoms with E-state index in [1.165, 1.54) is 0 Å². The van der Waals surface area contributed by atoms with Crippen molar-refractivity contribution in [2.75, 3.05) is 11.5 Å². The van der Waals surface area contributed by atoms with Gasteiger partial charge in [0.15, 0.2) is 9.84 Å². The maximum Gasteiger partial charge on any atom is 0.252 e. The second-order valence-corrected chi connectivity index (χ2v) is 8.27. The van der Waals surface area contributed by atoms with Crippen molar-refractivity contribution in [3.05, 3.63) is 33.8 Å². The third-order valence-corrected chi connectivity index (χ3v) is 6.31. The number of amides is 1. The lowest BCUT2D eigenvalue weighted by molar-refractivity contribution is 0.0914. The Balaban J connectivity index is 2.21. The van der Waals surface area contributed by atoms with Crippen LogP contribution in [-0.4, -0.2) is 31.4 Å². The van der Waals surface area contributed by atoms with Crippen LogP contribution in [0.4, 0.5) is 0 Å². The zero-order valence-electron chi connectivity index (χ0n) is 10.9. The molecule has 0 spiro atoms. The van der Waals surface area contributed by atoms with Crippen molar-refractivity contribution in [3.8, 4) is 0 Å². The number of halogens is 1. The van der Waals surface area contributed by atoms with E-state index >= 15 is 0 Å². The minimum Gasteiger partial charge on any atom is -0.346 e. The summed E-state index contributed by atoms with van der Waals surface area (Å²) in [6, 6.07) is 5.44. The van der Waals surface area contributed by atoms with Crippen LogP contribution in [0.1, 0.15) is 29.3 Å². The van der Waals surface area contributed by atoms with Crippen molar-refractivity contribution >= 4 is 31.7 Å². The van der Waals surface area contributed by atoms with E-state index in [1.807, 2.05) is 19.1 Å². The number of carbonyl (C=O) groups is 1. The van der Waals surface area contributed by atoms with E-state index in [9.17, 15) is 13.2 Å². The van der Waals surface area contributed by atoms with Gasteiger partial charge in [-0.15, -0.1) is 0 Å². The Labute approximate surface area is 121 Å². The molecule has 19 heavy (non-hydrogen) atoms. The Kier molecular flexibility index (Phi) is 3.75. The largest absolute Gasteiger partial charge is 0.346 e. The molecule has 1 aromatic rings. The highest BCUT2D eigenvalue weighted by Gasteiger charge is 2.39. The topological polar surface area (TPSA) is 63.2 Å². The van der Waals surface area contributed by atoms with Gasteiger partial charge >= 0.3 is 0 Å². The van der Waals surface area contributed by atoms with Gasteiger partial charge < -0.3 is 5.32 Å². The first-order chi connectivity index (χ1) is 8.72. The first-order valence-corrected chi connectivity index (χ1v) is 8.62. The molecule has 1 aliphatic rings. The molecule has 1 fully saturated rings. The van der Waals surface area contributed by atoms with Crippen molar-refractivity contribution in [3.63, 3.8) is 0 Å². The van der Waals surface area contributed by atoms with Crippen molar-refractivity contribution in [2.24, 2.45) is 0 Å². The summed E-state index contributed by atoms with van der Waals surface area (Å²) in [6.07, 6.45) is 0.463. The van der Waals surface area contributed by atoms with Gasteiger partial charge in [-0.3, -0.25) is 4.79 Å². The summed E-state index contributed by atoms with van der Waals surface area (Å²) in [7, 11) is -3.03. The van der Waals surface area contributed by atoms with E-state index in [0.29, 0.717) is 12.0 Å². The standard InChI is InChI=1S/C13H16BrNO3S/c1-9-4-3-5-10(11(9)14)12(16)15-13(2)6-7-19(17,18)8-13/h3-5H,6-8H2,1-2H3,(H,15,16). The van der Waals surface area contributed by atoms with Crippen LogP contribution in [0, 0.1) is 6.92 Å². The molecule has 1 unspecified atom stereocenters. The summed E-state index contributed by atoms with van der Waals surface area (Å²) < 4.78 is 23.8. The van der Waals surface area contributed by atoms with Crippen LogP contribution >= 0.6 is 15.9 Å². The van der Waals surface area contributed by atoms with E-state index in [1.54, 1.807) is 13.0 Å². The Hall–Kier alpha value is -0.880. The van der Waals surface area contributed by atoms with Gasteiger partial charge in [-0.25, -0.2) is 8.42 Å². The third-order valence-electron chi connectivity index (χ3n) is 3.36. The molecule has 1 N–H and O–H groups in total. The number of rotatable bonds is 2. The number of carbonyl (C=O) groups excluding carboxylic acids is 1. The van der Waals surface area contributed by atoms with Crippen LogP contribution in [-0.2, 0) is 9.84 Å². The predicted molar refractivity (Wildman–Crippen MR) is 78.0 cm³/mol. The Morgan fingerprint density at radius 2 is 2.11 bits per heavy atom. The number of nitrogens with one attached hydrogen (secondary N) is 1. The third kappa shape index (κ3) is 3.17. The summed E-state index contributed by atoms with van der Waals surface area (Å²) in [5.74, 6) is -0.0938. The molecule has 1 heterocycles. The number of benzene rings is 1. The average molecular weight is 346 g/mol. The SMILES string of the molecule is Cc1cccc(C(=O)NC2(C)CCS(=O)(=O)C2)c1Br. The monoisotopic (exact) mass is 345 g/mol. The molecule has 104 valence electrons. The van der Waals surface area contributed by atoms with E-state index in [-0.39, 0.29) is 17.4 Å². The van der Waals surface area contributed by atoms with Gasteiger partial charge in [-0.2, -0.15) is 0 Å². The van der Waals surface area contributed by atoms with Gasteiger partial charge in [0.1, 0.15) is 0 Å². The van der Waals surface area contributed by atoms with Crippen molar-refractivity contribution in [1.29, 1.82) is 0 Å². The van der Waals surface area contributed by atoms with Crippen LogP contribution in [0.5, 0.6) is 0 Å². The first kappa shape index (κ1) is 14.5. The smallest absolute Gasteiger partial charge is 0.252 e. The van der Waals surface area contributed by atoms with Crippen molar-refractivity contribution in [2.45, 2.75) is 25.8 Å². The van der Waals surface area contributed by atoms with Crippen LogP contribution in [0.3, 0.4) is 0 Å². The van der Waals surface area contributed by atoms with Crippen LogP contribution < -0.4 is 5.32 Å². The molecule has 0 saturated carbocycles. The van der Waals surface area contributed by atoms with E-state index in [2.05, 4.69) is 21.2 Å². The zero-order chi connectivity index (χ0) is 14.3. The van der Waals surface area contributed by atoms with E-state index in [0.717, 1.165) is 10.0 Å². The Morgan fingerprint density at radius 1 is 1.42 bits per heavy atom. The van der Waals surface area contributed by atoms with E-state index < -0.39 is 15.4 Å². The average Bonchev–Trinajstić information content (AvgIpc) is 2.56. The summed E-state index contributed by atoms with van der Waals surface area (Å²) in [5.41, 5.74) is 0.835. The molecule has 4 nitrogen and oxygen atoms in total. The molecule has 1 amide bonds. The lowest BCUT2D eigenvalue weighted by atomic mass is 10.0. The Bertz CT molecular complexity index is 627. The minimum absolute atomic E-state index is 0.00910. The summed E-state index contributed by atoms with van der Waals surface area (Å²) in [4.78, 5) is 12.3. The summed E-state index contributed by atoms with van der Waals surface area (Å²) >= 11 is 3.39. The molecule has 0 bridgehead atoms. The Morgan fingerprint density at radius 3 is 2.68 bits per heavy atom. The second-order valence-electron chi connectivity index (χ2n) is 5.29. The predicted octanol–water partition coefficient (Wildman–Crippen LogP) is 2.06. The molecule has 0 radical (unpaired) electrons. The fourth-order valence-corrected chi connectivity index (χ4v) is 4.81. The molecule has 0 aliphatic carbocycles.